The average Bonchev–Trinajstić information content (AvgIpc) is 2.29. The van der Waals surface area contributed by atoms with Crippen molar-refractivity contribution < 1.29 is 4.79 Å². The first-order chi connectivity index (χ1) is 7.66. The van der Waals surface area contributed by atoms with Gasteiger partial charge in [0.2, 0.25) is 5.91 Å². The van der Waals surface area contributed by atoms with E-state index < -0.39 is 0 Å². The molecule has 1 amide bonds. The zero-order valence-electron chi connectivity index (χ0n) is 10.6. The van der Waals surface area contributed by atoms with Crippen molar-refractivity contribution in [1.82, 2.24) is 9.80 Å². The molecule has 92 valence electrons. The van der Waals surface area contributed by atoms with Gasteiger partial charge in [-0.15, -0.1) is 0 Å². The van der Waals surface area contributed by atoms with E-state index >= 15 is 0 Å². The van der Waals surface area contributed by atoms with Crippen LogP contribution in [0.2, 0.25) is 0 Å². The molecule has 1 aliphatic heterocycles. The van der Waals surface area contributed by atoms with Crippen LogP contribution in [0.3, 0.4) is 0 Å². The van der Waals surface area contributed by atoms with Crippen LogP contribution in [-0.4, -0.2) is 47.9 Å². The van der Waals surface area contributed by atoms with Gasteiger partial charge in [0.1, 0.15) is 0 Å². The molecular weight excluding hydrogens is 200 g/mol. The number of piperazine rings is 1. The van der Waals surface area contributed by atoms with Crippen LogP contribution in [0, 0.1) is 5.92 Å². The van der Waals surface area contributed by atoms with Crippen molar-refractivity contribution in [2.45, 2.75) is 45.6 Å². The van der Waals surface area contributed by atoms with E-state index in [1.807, 2.05) is 4.90 Å². The maximum atomic E-state index is 11.2. The Morgan fingerprint density at radius 2 is 1.81 bits per heavy atom. The fourth-order valence-corrected chi connectivity index (χ4v) is 3.14. The van der Waals surface area contributed by atoms with Crippen molar-refractivity contribution in [2.24, 2.45) is 5.92 Å². The van der Waals surface area contributed by atoms with Gasteiger partial charge in [-0.05, 0) is 18.8 Å². The molecule has 2 aliphatic rings. The van der Waals surface area contributed by atoms with Gasteiger partial charge in [-0.25, -0.2) is 0 Å². The Kier molecular flexibility index (Phi) is 3.85. The van der Waals surface area contributed by atoms with E-state index in [1.165, 1.54) is 25.7 Å². The fraction of sp³-hybridized carbons (Fsp3) is 0.923. The smallest absolute Gasteiger partial charge is 0.219 e. The molecule has 1 saturated heterocycles. The number of hydrogen-bond acceptors (Lipinski definition) is 2. The molecule has 0 unspecified atom stereocenters. The molecule has 0 aromatic carbocycles. The molecular formula is C13H24N2O. The summed E-state index contributed by atoms with van der Waals surface area (Å²) in [6.07, 6.45) is 5.52. The van der Waals surface area contributed by atoms with E-state index in [2.05, 4.69) is 11.8 Å². The third kappa shape index (κ3) is 2.76. The van der Waals surface area contributed by atoms with Gasteiger partial charge in [0.15, 0.2) is 0 Å². The van der Waals surface area contributed by atoms with Crippen LogP contribution in [0.25, 0.3) is 0 Å². The second-order valence-electron chi connectivity index (χ2n) is 5.47. The van der Waals surface area contributed by atoms with Crippen LogP contribution < -0.4 is 0 Å². The monoisotopic (exact) mass is 224 g/mol. The first kappa shape index (κ1) is 11.9. The molecule has 3 heteroatoms. The SMILES string of the molecule is CC(=O)N1CCN([C@H]2CCC[C@H](C)C2)CC1. The zero-order valence-corrected chi connectivity index (χ0v) is 10.6. The van der Waals surface area contributed by atoms with E-state index in [4.69, 9.17) is 0 Å². The highest BCUT2D eigenvalue weighted by atomic mass is 16.2. The van der Waals surface area contributed by atoms with Crippen molar-refractivity contribution in [2.75, 3.05) is 26.2 Å². The highest BCUT2D eigenvalue weighted by molar-refractivity contribution is 5.73. The summed E-state index contributed by atoms with van der Waals surface area (Å²) in [4.78, 5) is 15.8. The topological polar surface area (TPSA) is 23.6 Å². The summed E-state index contributed by atoms with van der Waals surface area (Å²) in [6, 6.07) is 0.790. The number of nitrogens with zero attached hydrogens (tertiary/aromatic N) is 2. The molecule has 0 radical (unpaired) electrons. The van der Waals surface area contributed by atoms with E-state index in [9.17, 15) is 4.79 Å². The van der Waals surface area contributed by atoms with Gasteiger partial charge < -0.3 is 4.90 Å². The maximum absolute atomic E-state index is 11.2. The molecule has 2 atom stereocenters. The number of rotatable bonds is 1. The molecule has 0 aromatic heterocycles. The maximum Gasteiger partial charge on any atom is 0.219 e. The van der Waals surface area contributed by atoms with Crippen LogP contribution in [-0.2, 0) is 4.79 Å². The van der Waals surface area contributed by atoms with Crippen LogP contribution in [0.1, 0.15) is 39.5 Å². The van der Waals surface area contributed by atoms with E-state index in [0.717, 1.165) is 38.1 Å². The lowest BCUT2D eigenvalue weighted by atomic mass is 9.86. The fourth-order valence-electron chi connectivity index (χ4n) is 3.14. The lowest BCUT2D eigenvalue weighted by Crippen LogP contribution is -2.52. The van der Waals surface area contributed by atoms with Gasteiger partial charge >= 0.3 is 0 Å². The molecule has 1 heterocycles. The van der Waals surface area contributed by atoms with Crippen LogP contribution >= 0.6 is 0 Å². The van der Waals surface area contributed by atoms with Crippen molar-refractivity contribution in [1.29, 1.82) is 0 Å². The van der Waals surface area contributed by atoms with Crippen molar-refractivity contribution in [3.8, 4) is 0 Å². The number of carbonyl (C=O) groups excluding carboxylic acids is 1. The molecule has 0 N–H and O–H groups in total. The van der Waals surface area contributed by atoms with Crippen molar-refractivity contribution >= 4 is 5.91 Å². The number of hydrogen-bond donors (Lipinski definition) is 0. The summed E-state index contributed by atoms with van der Waals surface area (Å²) in [6.45, 7) is 8.07. The standard InChI is InChI=1S/C13H24N2O/c1-11-4-3-5-13(10-11)15-8-6-14(7-9-15)12(2)16/h11,13H,3-10H2,1-2H3/t11-,13-/m0/s1. The molecule has 1 saturated carbocycles. The molecule has 1 aliphatic carbocycles. The van der Waals surface area contributed by atoms with E-state index in [0.29, 0.717) is 0 Å². The van der Waals surface area contributed by atoms with Crippen molar-refractivity contribution in [3.63, 3.8) is 0 Å². The Hall–Kier alpha value is -0.570. The minimum Gasteiger partial charge on any atom is -0.340 e. The van der Waals surface area contributed by atoms with Gasteiger partial charge in [-0.2, -0.15) is 0 Å². The van der Waals surface area contributed by atoms with E-state index in [-0.39, 0.29) is 5.91 Å². The summed E-state index contributed by atoms with van der Waals surface area (Å²) in [5.74, 6) is 1.13. The third-order valence-electron chi connectivity index (χ3n) is 4.18. The predicted molar refractivity (Wildman–Crippen MR) is 65.2 cm³/mol. The lowest BCUT2D eigenvalue weighted by molar-refractivity contribution is -0.131. The first-order valence-electron chi connectivity index (χ1n) is 6.66. The van der Waals surface area contributed by atoms with Crippen LogP contribution in [0.5, 0.6) is 0 Å². The largest absolute Gasteiger partial charge is 0.340 e. The van der Waals surface area contributed by atoms with Crippen molar-refractivity contribution in [3.05, 3.63) is 0 Å². The Labute approximate surface area is 98.8 Å². The molecule has 16 heavy (non-hydrogen) atoms. The highest BCUT2D eigenvalue weighted by Crippen LogP contribution is 2.27. The first-order valence-corrected chi connectivity index (χ1v) is 6.66. The molecule has 0 spiro atoms. The molecule has 0 bridgehead atoms. The second kappa shape index (κ2) is 5.17. The van der Waals surface area contributed by atoms with Gasteiger partial charge in [0.25, 0.3) is 0 Å². The average molecular weight is 224 g/mol. The van der Waals surface area contributed by atoms with Crippen LogP contribution in [0.4, 0.5) is 0 Å². The minimum atomic E-state index is 0.233. The van der Waals surface area contributed by atoms with Crippen LogP contribution in [0.15, 0.2) is 0 Å². The van der Waals surface area contributed by atoms with Gasteiger partial charge in [0, 0.05) is 39.1 Å². The third-order valence-corrected chi connectivity index (χ3v) is 4.18. The van der Waals surface area contributed by atoms with Gasteiger partial charge in [-0.1, -0.05) is 19.8 Å². The number of amides is 1. The van der Waals surface area contributed by atoms with Gasteiger partial charge in [-0.3, -0.25) is 9.69 Å². The molecule has 2 rings (SSSR count). The summed E-state index contributed by atoms with van der Waals surface area (Å²) < 4.78 is 0. The molecule has 3 nitrogen and oxygen atoms in total. The summed E-state index contributed by atoms with van der Waals surface area (Å²) in [7, 11) is 0. The quantitative estimate of drug-likeness (QED) is 0.677. The van der Waals surface area contributed by atoms with Gasteiger partial charge in [0.05, 0.1) is 0 Å². The molecule has 2 fully saturated rings. The van der Waals surface area contributed by atoms with E-state index in [1.54, 1.807) is 6.92 Å². The Balaban J connectivity index is 1.81. The highest BCUT2D eigenvalue weighted by Gasteiger charge is 2.27. The lowest BCUT2D eigenvalue weighted by Gasteiger charge is -2.41. The Bertz CT molecular complexity index is 246. The second-order valence-corrected chi connectivity index (χ2v) is 5.47. The summed E-state index contributed by atoms with van der Waals surface area (Å²) >= 11 is 0. The number of carbonyl (C=O) groups is 1. The summed E-state index contributed by atoms with van der Waals surface area (Å²) in [5, 5.41) is 0. The zero-order chi connectivity index (χ0) is 11.5. The Morgan fingerprint density at radius 3 is 2.38 bits per heavy atom. The molecule has 0 aromatic rings. The predicted octanol–water partition coefficient (Wildman–Crippen LogP) is 1.73. The minimum absolute atomic E-state index is 0.233. The normalized spacial score (nSPS) is 32.8. The summed E-state index contributed by atoms with van der Waals surface area (Å²) in [5.41, 5.74) is 0. The Morgan fingerprint density at radius 1 is 1.12 bits per heavy atom.